The molecule has 0 bridgehead atoms. The molecular weight excluding hydrogens is 248 g/mol. The molecule has 1 fully saturated rings. The number of benzene rings is 1. The molecule has 0 saturated carbocycles. The van der Waals surface area contributed by atoms with Crippen molar-refractivity contribution in [2.75, 3.05) is 19.7 Å². The minimum atomic E-state index is -0.440. The number of nitro benzene ring substituents is 1. The van der Waals surface area contributed by atoms with Crippen LogP contribution < -0.4 is 0 Å². The largest absolute Gasteiger partial charge is 0.396 e. The molecule has 0 unspecified atom stereocenters. The maximum atomic E-state index is 10.7. The molecule has 0 aliphatic carbocycles. The quantitative estimate of drug-likeness (QED) is 0.621. The maximum absolute atomic E-state index is 10.7. The fraction of sp³-hybridized carbons (Fsp3) is 0.538. The molecule has 1 aromatic rings. The summed E-state index contributed by atoms with van der Waals surface area (Å²) in [6.07, 6.45) is 0.173. The zero-order valence-electron chi connectivity index (χ0n) is 10.6. The molecule has 1 aromatic carbocycles. The Hall–Kier alpha value is -1.50. The molecule has 2 atom stereocenters. The lowest BCUT2D eigenvalue weighted by atomic mass is 9.96. The highest BCUT2D eigenvalue weighted by molar-refractivity contribution is 5.34. The van der Waals surface area contributed by atoms with E-state index in [2.05, 4.69) is 0 Å². The molecule has 6 nitrogen and oxygen atoms in total. The summed E-state index contributed by atoms with van der Waals surface area (Å²) in [5.41, 5.74) is 0.925. The number of hydrogen-bond donors (Lipinski definition) is 2. The Balaban J connectivity index is 2.03. The van der Waals surface area contributed by atoms with E-state index in [0.29, 0.717) is 26.1 Å². The molecule has 0 radical (unpaired) electrons. The number of likely N-dealkylation sites (tertiary alicyclic amines) is 1. The fourth-order valence-electron chi connectivity index (χ4n) is 2.56. The van der Waals surface area contributed by atoms with Gasteiger partial charge in [-0.05, 0) is 17.9 Å². The number of nitro groups is 1. The number of non-ortho nitro benzene ring substituents is 1. The van der Waals surface area contributed by atoms with Gasteiger partial charge in [-0.3, -0.25) is 15.0 Å². The van der Waals surface area contributed by atoms with Crippen LogP contribution in [0.2, 0.25) is 0 Å². The third-order valence-corrected chi connectivity index (χ3v) is 3.38. The van der Waals surface area contributed by atoms with E-state index >= 15 is 0 Å². The van der Waals surface area contributed by atoms with Gasteiger partial charge >= 0.3 is 0 Å². The first-order valence-corrected chi connectivity index (χ1v) is 6.33. The molecule has 1 heterocycles. The minimum absolute atomic E-state index is 0.0580. The predicted molar refractivity (Wildman–Crippen MR) is 69.6 cm³/mol. The van der Waals surface area contributed by atoms with Gasteiger partial charge in [0.25, 0.3) is 5.69 Å². The first kappa shape index (κ1) is 13.9. The molecular formula is C13H18N2O4. The van der Waals surface area contributed by atoms with Crippen LogP contribution in [0.5, 0.6) is 0 Å². The average Bonchev–Trinajstić information content (AvgIpc) is 2.38. The maximum Gasteiger partial charge on any atom is 0.269 e. The summed E-state index contributed by atoms with van der Waals surface area (Å²) in [6, 6.07) is 6.51. The highest BCUT2D eigenvalue weighted by Gasteiger charge is 2.25. The molecule has 2 rings (SSSR count). The third-order valence-electron chi connectivity index (χ3n) is 3.38. The molecule has 6 heteroatoms. The number of aliphatic hydroxyl groups excluding tert-OH is 2. The normalized spacial score (nSPS) is 24.3. The van der Waals surface area contributed by atoms with Gasteiger partial charge in [-0.2, -0.15) is 0 Å². The van der Waals surface area contributed by atoms with Crippen LogP contribution in [0.4, 0.5) is 5.69 Å². The number of piperidine rings is 1. The topological polar surface area (TPSA) is 86.8 Å². The summed E-state index contributed by atoms with van der Waals surface area (Å²) in [4.78, 5) is 12.3. The van der Waals surface area contributed by atoms with Gasteiger partial charge in [0.2, 0.25) is 0 Å². The summed E-state index contributed by atoms with van der Waals surface area (Å²) in [7, 11) is 0. The van der Waals surface area contributed by atoms with Crippen LogP contribution in [0.1, 0.15) is 12.0 Å². The second kappa shape index (κ2) is 6.10. The monoisotopic (exact) mass is 266 g/mol. The van der Waals surface area contributed by atoms with E-state index in [9.17, 15) is 20.3 Å². The van der Waals surface area contributed by atoms with Crippen molar-refractivity contribution in [3.8, 4) is 0 Å². The van der Waals surface area contributed by atoms with Crippen molar-refractivity contribution in [3.63, 3.8) is 0 Å². The average molecular weight is 266 g/mol. The molecule has 2 N–H and O–H groups in total. The fourth-order valence-corrected chi connectivity index (χ4v) is 2.56. The highest BCUT2D eigenvalue weighted by atomic mass is 16.6. The summed E-state index contributed by atoms with van der Waals surface area (Å²) in [5.74, 6) is 0.0717. The Morgan fingerprint density at radius 3 is 2.89 bits per heavy atom. The van der Waals surface area contributed by atoms with Gasteiger partial charge < -0.3 is 10.2 Å². The first-order chi connectivity index (χ1) is 9.08. The van der Waals surface area contributed by atoms with Gasteiger partial charge in [-0.1, -0.05) is 12.1 Å². The molecule has 1 saturated heterocycles. The standard InChI is InChI=1S/C13H18N2O4/c16-9-11-5-13(17)8-14(7-11)6-10-2-1-3-12(4-10)15(18)19/h1-4,11,13,16-17H,5-9H2/t11-,13+/m1/s1. The Bertz CT molecular complexity index is 452. The zero-order valence-corrected chi connectivity index (χ0v) is 10.6. The van der Waals surface area contributed by atoms with Crippen molar-refractivity contribution in [2.24, 2.45) is 5.92 Å². The Kier molecular flexibility index (Phi) is 4.47. The van der Waals surface area contributed by atoms with Crippen LogP contribution in [-0.2, 0) is 6.54 Å². The van der Waals surface area contributed by atoms with Gasteiger partial charge in [0.05, 0.1) is 11.0 Å². The van der Waals surface area contributed by atoms with Crippen molar-refractivity contribution in [1.82, 2.24) is 4.90 Å². The van der Waals surface area contributed by atoms with E-state index in [4.69, 9.17) is 0 Å². The highest BCUT2D eigenvalue weighted by Crippen LogP contribution is 2.20. The molecule has 19 heavy (non-hydrogen) atoms. The summed E-state index contributed by atoms with van der Waals surface area (Å²) >= 11 is 0. The van der Waals surface area contributed by atoms with E-state index in [1.165, 1.54) is 6.07 Å². The Labute approximate surface area is 111 Å². The van der Waals surface area contributed by atoms with Crippen molar-refractivity contribution in [2.45, 2.75) is 19.1 Å². The van der Waals surface area contributed by atoms with Crippen LogP contribution in [-0.4, -0.2) is 45.8 Å². The number of rotatable bonds is 4. The molecule has 104 valence electrons. The van der Waals surface area contributed by atoms with Crippen LogP contribution >= 0.6 is 0 Å². The minimum Gasteiger partial charge on any atom is -0.396 e. The van der Waals surface area contributed by atoms with Crippen molar-refractivity contribution >= 4 is 5.69 Å². The van der Waals surface area contributed by atoms with Gasteiger partial charge in [-0.15, -0.1) is 0 Å². The summed E-state index contributed by atoms with van der Waals surface area (Å²) < 4.78 is 0. The Morgan fingerprint density at radius 1 is 1.42 bits per heavy atom. The van der Waals surface area contributed by atoms with Gasteiger partial charge in [-0.25, -0.2) is 0 Å². The number of hydrogen-bond acceptors (Lipinski definition) is 5. The lowest BCUT2D eigenvalue weighted by molar-refractivity contribution is -0.384. The lowest BCUT2D eigenvalue weighted by Crippen LogP contribution is -2.43. The number of nitrogens with zero attached hydrogens (tertiary/aromatic N) is 2. The van der Waals surface area contributed by atoms with Gasteiger partial charge in [0, 0.05) is 38.4 Å². The smallest absolute Gasteiger partial charge is 0.269 e. The number of β-amino-alcohol motifs (C(OH)–C–C–N with tert-alkyl or cyclic N) is 1. The summed E-state index contributed by atoms with van der Waals surface area (Å²) in [6.45, 7) is 1.85. The molecule has 1 aliphatic rings. The third kappa shape index (κ3) is 3.73. The van der Waals surface area contributed by atoms with E-state index in [0.717, 1.165) is 5.56 Å². The predicted octanol–water partition coefficient (Wildman–Crippen LogP) is 0.770. The van der Waals surface area contributed by atoms with Crippen LogP contribution in [0.15, 0.2) is 24.3 Å². The summed E-state index contributed by atoms with van der Waals surface area (Å²) in [5, 5.41) is 29.6. The van der Waals surface area contributed by atoms with Crippen LogP contribution in [0.3, 0.4) is 0 Å². The van der Waals surface area contributed by atoms with E-state index < -0.39 is 11.0 Å². The molecule has 0 amide bonds. The van der Waals surface area contributed by atoms with E-state index in [1.54, 1.807) is 12.1 Å². The van der Waals surface area contributed by atoms with Gasteiger partial charge in [0.15, 0.2) is 0 Å². The molecule has 0 aromatic heterocycles. The Morgan fingerprint density at radius 2 is 2.21 bits per heavy atom. The van der Waals surface area contributed by atoms with Crippen LogP contribution in [0.25, 0.3) is 0 Å². The van der Waals surface area contributed by atoms with E-state index in [1.807, 2.05) is 11.0 Å². The lowest BCUT2D eigenvalue weighted by Gasteiger charge is -2.34. The second-order valence-corrected chi connectivity index (χ2v) is 5.06. The van der Waals surface area contributed by atoms with Crippen molar-refractivity contribution < 1.29 is 15.1 Å². The van der Waals surface area contributed by atoms with Crippen LogP contribution in [0, 0.1) is 16.0 Å². The van der Waals surface area contributed by atoms with Crippen molar-refractivity contribution in [1.29, 1.82) is 0 Å². The number of aliphatic hydroxyl groups is 2. The zero-order chi connectivity index (χ0) is 13.8. The molecule has 1 aliphatic heterocycles. The SMILES string of the molecule is O=[N+]([O-])c1cccc(CN2C[C@@H](O)C[C@@H](CO)C2)c1. The van der Waals surface area contributed by atoms with Crippen molar-refractivity contribution in [3.05, 3.63) is 39.9 Å². The van der Waals surface area contributed by atoms with E-state index in [-0.39, 0.29) is 18.2 Å². The second-order valence-electron chi connectivity index (χ2n) is 5.06. The first-order valence-electron chi connectivity index (χ1n) is 6.33. The molecule has 0 spiro atoms. The van der Waals surface area contributed by atoms with Gasteiger partial charge in [0.1, 0.15) is 0 Å².